The van der Waals surface area contributed by atoms with Gasteiger partial charge in [-0.25, -0.2) is 10.7 Å². The monoisotopic (exact) mass is 683 g/mol. The summed E-state index contributed by atoms with van der Waals surface area (Å²) in [5.41, 5.74) is 5.21. The van der Waals surface area contributed by atoms with Crippen LogP contribution in [0.5, 0.6) is 0 Å². The molecule has 2 aliphatic rings. The first kappa shape index (κ1) is 37.6. The van der Waals surface area contributed by atoms with E-state index in [1.165, 1.54) is 0 Å². The molecule has 0 atom stereocenters. The summed E-state index contributed by atoms with van der Waals surface area (Å²) in [4.78, 5) is 20.2. The van der Waals surface area contributed by atoms with Crippen molar-refractivity contribution in [2.24, 2.45) is 4.99 Å². The van der Waals surface area contributed by atoms with Crippen molar-refractivity contribution in [3.63, 3.8) is 0 Å². The highest BCUT2D eigenvalue weighted by Gasteiger charge is 2.28. The number of carbonyl (C=O) groups excluding carboxylic acids is 1. The smallest absolute Gasteiger partial charge is 0.409 e. The Morgan fingerprint density at radius 2 is 1.52 bits per heavy atom. The predicted octanol–water partition coefficient (Wildman–Crippen LogP) is 7.60. The fourth-order valence-corrected chi connectivity index (χ4v) is 6.02. The van der Waals surface area contributed by atoms with Gasteiger partial charge in [0.2, 0.25) is 0 Å². The van der Waals surface area contributed by atoms with Gasteiger partial charge >= 0.3 is 6.09 Å². The third-order valence-corrected chi connectivity index (χ3v) is 8.39. The highest BCUT2D eigenvalue weighted by Crippen LogP contribution is 2.36. The minimum atomic E-state index is -0.348. The molecule has 0 spiro atoms. The molecule has 10 heteroatoms. The van der Waals surface area contributed by atoms with Crippen molar-refractivity contribution in [2.75, 3.05) is 32.8 Å². The second kappa shape index (κ2) is 19.1. The van der Waals surface area contributed by atoms with Gasteiger partial charge in [-0.2, -0.15) is 21.0 Å². The molecule has 1 amide bonds. The minimum Gasteiger partial charge on any atom is -0.761 e. The molecule has 0 unspecified atom stereocenters. The lowest BCUT2D eigenvalue weighted by Gasteiger charge is -2.37. The van der Waals surface area contributed by atoms with Crippen LogP contribution in [0.25, 0.3) is 16.6 Å². The second-order valence-electron chi connectivity index (χ2n) is 11.4. The van der Waals surface area contributed by atoms with Crippen LogP contribution in [0.15, 0.2) is 141 Å². The summed E-state index contributed by atoms with van der Waals surface area (Å²) >= 11 is 0. The Bertz CT molecular complexity index is 2110. The number of rotatable bonds is 11. The summed E-state index contributed by atoms with van der Waals surface area (Å²) in [5, 5.41) is 49.3. The van der Waals surface area contributed by atoms with Crippen LogP contribution in [-0.4, -0.2) is 61.3 Å². The Morgan fingerprint density at radius 1 is 0.885 bits per heavy atom. The molecule has 2 aromatic carbocycles. The minimum absolute atomic E-state index is 0.0418. The Balaban J connectivity index is 1.77. The first-order valence-electron chi connectivity index (χ1n) is 16.5. The van der Waals surface area contributed by atoms with Gasteiger partial charge in [-0.05, 0) is 60.9 Å². The average molecular weight is 684 g/mol. The standard InChI is InChI=1S/C42H35N8O2/c1-3-52-42(51)50-24-22-49(23-25-50)41-33(16-10-18-35(26-43)39(37(28-45)29-46)31-12-6-4-7-13-31)20-21-34(41)17-11-19-36(27-44)40(38(30-47)48-2)32-14-8-5-9-15-32/h4-19H,2-3,20-25H2,1H3/q-1/b16-10+,19-11+,34-17+,35-18+,40-36-. The number of amides is 1. The Morgan fingerprint density at radius 3 is 2.06 bits per heavy atom. The number of piperazine rings is 1. The number of benzene rings is 2. The zero-order valence-corrected chi connectivity index (χ0v) is 28.8. The SMILES string of the molecule is C=NC(=C=[N-])/C(=C(C#N)/C=C/C=C1\CCC(/C=C/C=C(\C#N)C(=C(C#N)C#N)c2ccccc2)=C1N1CCN(C(=O)OCC)CC1)c1ccccc1. The fourth-order valence-electron chi connectivity index (χ4n) is 6.02. The van der Waals surface area contributed by atoms with E-state index in [1.54, 1.807) is 72.5 Å². The Kier molecular flexibility index (Phi) is 13.8. The first-order valence-corrected chi connectivity index (χ1v) is 16.5. The number of allylic oxidation sites excluding steroid dienone is 13. The van der Waals surface area contributed by atoms with Gasteiger partial charge in [-0.15, -0.1) is 0 Å². The number of nitriles is 4. The number of hydrogen-bond acceptors (Lipinski definition) is 8. The van der Waals surface area contributed by atoms with Crippen molar-refractivity contribution in [3.05, 3.63) is 153 Å². The van der Waals surface area contributed by atoms with Gasteiger partial charge in [0, 0.05) is 43.0 Å². The lowest BCUT2D eigenvalue weighted by Crippen LogP contribution is -2.48. The molecule has 1 saturated heterocycles. The molecule has 1 aliphatic heterocycles. The zero-order chi connectivity index (χ0) is 37.3. The second-order valence-corrected chi connectivity index (χ2v) is 11.4. The summed E-state index contributed by atoms with van der Waals surface area (Å²) in [5.74, 6) is 2.04. The Hall–Kier alpha value is -7.23. The van der Waals surface area contributed by atoms with E-state index in [2.05, 4.69) is 28.7 Å². The van der Waals surface area contributed by atoms with Gasteiger partial charge in [0.15, 0.2) is 0 Å². The number of aliphatic imine (C=N–C) groups is 1. The highest BCUT2D eigenvalue weighted by atomic mass is 16.6. The van der Waals surface area contributed by atoms with E-state index >= 15 is 0 Å². The number of hydrogen-bond donors (Lipinski definition) is 0. The normalized spacial score (nSPS) is 15.6. The molecule has 0 aromatic heterocycles. The molecule has 0 N–H and O–H groups in total. The van der Waals surface area contributed by atoms with Gasteiger partial charge in [0.1, 0.15) is 17.7 Å². The van der Waals surface area contributed by atoms with E-state index in [1.807, 2.05) is 54.4 Å². The van der Waals surface area contributed by atoms with Crippen molar-refractivity contribution in [3.8, 4) is 24.3 Å². The Labute approximate surface area is 304 Å². The van der Waals surface area contributed by atoms with Crippen molar-refractivity contribution >= 4 is 29.8 Å². The molecule has 0 saturated carbocycles. The van der Waals surface area contributed by atoms with E-state index in [0.717, 1.165) is 16.8 Å². The van der Waals surface area contributed by atoms with Crippen LogP contribution in [0, 0.1) is 45.3 Å². The molecule has 0 radical (unpaired) electrons. The largest absolute Gasteiger partial charge is 0.761 e. The molecule has 1 fully saturated rings. The van der Waals surface area contributed by atoms with Crippen LogP contribution < -0.4 is 0 Å². The molecule has 0 bridgehead atoms. The van der Waals surface area contributed by atoms with E-state index in [-0.39, 0.29) is 34.1 Å². The molecule has 1 aliphatic carbocycles. The van der Waals surface area contributed by atoms with E-state index in [0.29, 0.717) is 62.3 Å². The highest BCUT2D eigenvalue weighted by molar-refractivity contribution is 5.93. The summed E-state index contributed by atoms with van der Waals surface area (Å²) in [6.07, 6.45) is 11.7. The van der Waals surface area contributed by atoms with E-state index < -0.39 is 0 Å². The van der Waals surface area contributed by atoms with Crippen molar-refractivity contribution in [2.45, 2.75) is 19.8 Å². The maximum atomic E-state index is 12.4. The summed E-state index contributed by atoms with van der Waals surface area (Å²) in [6.45, 7) is 7.66. The third kappa shape index (κ3) is 9.06. The lowest BCUT2D eigenvalue weighted by molar-refractivity contribution is 0.0873. The van der Waals surface area contributed by atoms with Crippen LogP contribution >= 0.6 is 0 Å². The molecule has 10 nitrogen and oxygen atoms in total. The first-order chi connectivity index (χ1) is 25.4. The van der Waals surface area contributed by atoms with Gasteiger partial charge in [0.05, 0.1) is 35.6 Å². The maximum Gasteiger partial charge on any atom is 0.409 e. The van der Waals surface area contributed by atoms with Crippen LogP contribution in [0.2, 0.25) is 0 Å². The molecule has 52 heavy (non-hydrogen) atoms. The van der Waals surface area contributed by atoms with Crippen LogP contribution in [0.4, 0.5) is 4.79 Å². The summed E-state index contributed by atoms with van der Waals surface area (Å²) in [6, 6.07) is 26.2. The topological polar surface area (TPSA) is 163 Å². The lowest BCUT2D eigenvalue weighted by atomic mass is 9.94. The third-order valence-electron chi connectivity index (χ3n) is 8.39. The predicted molar refractivity (Wildman–Crippen MR) is 201 cm³/mol. The summed E-state index contributed by atoms with van der Waals surface area (Å²) in [7, 11) is 0. The molecule has 2 aromatic rings. The van der Waals surface area contributed by atoms with Crippen molar-refractivity contribution in [1.29, 1.82) is 21.0 Å². The fraction of sp³-hybridized carbons (Fsp3) is 0.190. The van der Waals surface area contributed by atoms with Gasteiger partial charge in [-0.1, -0.05) is 85.0 Å². The molecular formula is C42H35N8O2-. The van der Waals surface area contributed by atoms with Crippen LogP contribution in [-0.2, 0) is 4.74 Å². The van der Waals surface area contributed by atoms with E-state index in [4.69, 9.17) is 4.74 Å². The maximum absolute atomic E-state index is 12.4. The average Bonchev–Trinajstić information content (AvgIpc) is 3.59. The molecular weight excluding hydrogens is 649 g/mol. The summed E-state index contributed by atoms with van der Waals surface area (Å²) < 4.78 is 5.21. The van der Waals surface area contributed by atoms with Gasteiger partial charge in [-0.3, -0.25) is 4.99 Å². The molecule has 1 heterocycles. The van der Waals surface area contributed by atoms with Gasteiger partial charge < -0.3 is 19.9 Å². The van der Waals surface area contributed by atoms with Crippen LogP contribution in [0.3, 0.4) is 0 Å². The number of ether oxygens (including phenoxy) is 1. The molecule has 256 valence electrons. The number of carbonyl (C=O) groups is 1. The van der Waals surface area contributed by atoms with Crippen molar-refractivity contribution < 1.29 is 9.53 Å². The van der Waals surface area contributed by atoms with Crippen molar-refractivity contribution in [1.82, 2.24) is 9.80 Å². The number of nitrogens with zero attached hydrogens (tertiary/aromatic N) is 8. The van der Waals surface area contributed by atoms with E-state index in [9.17, 15) is 31.3 Å². The van der Waals surface area contributed by atoms with Crippen LogP contribution in [0.1, 0.15) is 30.9 Å². The molecule has 4 rings (SSSR count). The zero-order valence-electron chi connectivity index (χ0n) is 28.8. The quantitative estimate of drug-likeness (QED) is 0.134. The van der Waals surface area contributed by atoms with Gasteiger partial charge in [0.25, 0.3) is 0 Å².